The van der Waals surface area contributed by atoms with Crippen LogP contribution in [-0.2, 0) is 14.6 Å². The predicted octanol–water partition coefficient (Wildman–Crippen LogP) is 1.82. The molecule has 0 radical (unpaired) electrons. The Morgan fingerprint density at radius 2 is 2.05 bits per heavy atom. The molecule has 0 saturated carbocycles. The highest BCUT2D eigenvalue weighted by molar-refractivity contribution is 7.91. The summed E-state index contributed by atoms with van der Waals surface area (Å²) >= 11 is 0. The maximum absolute atomic E-state index is 11.9. The molecule has 2 N–H and O–H groups in total. The third kappa shape index (κ3) is 3.75. The SMILES string of the molecule is CCCS(=O)(=O)c1ccc(NCC2(O)CCOC2C)cc1. The first-order chi connectivity index (χ1) is 9.87. The fourth-order valence-corrected chi connectivity index (χ4v) is 3.75. The average Bonchev–Trinajstić information content (AvgIpc) is 2.77. The molecule has 0 aromatic heterocycles. The highest BCUT2D eigenvalue weighted by Gasteiger charge is 2.39. The molecule has 1 aromatic rings. The minimum Gasteiger partial charge on any atom is -0.385 e. The van der Waals surface area contributed by atoms with E-state index in [0.717, 1.165) is 5.69 Å². The lowest BCUT2D eigenvalue weighted by Gasteiger charge is -2.26. The van der Waals surface area contributed by atoms with Gasteiger partial charge in [-0.15, -0.1) is 0 Å². The summed E-state index contributed by atoms with van der Waals surface area (Å²) in [6.45, 7) is 4.65. The van der Waals surface area contributed by atoms with Crippen molar-refractivity contribution in [2.24, 2.45) is 0 Å². The van der Waals surface area contributed by atoms with Gasteiger partial charge in [-0.05, 0) is 37.6 Å². The number of aliphatic hydroxyl groups is 1. The number of hydrogen-bond donors (Lipinski definition) is 2. The second-order valence-corrected chi connectivity index (χ2v) is 7.67. The molecule has 1 aromatic carbocycles. The molecule has 1 heterocycles. The van der Waals surface area contributed by atoms with Gasteiger partial charge in [0.15, 0.2) is 9.84 Å². The number of sulfone groups is 1. The molecule has 118 valence electrons. The highest BCUT2D eigenvalue weighted by atomic mass is 32.2. The van der Waals surface area contributed by atoms with Crippen LogP contribution >= 0.6 is 0 Å². The van der Waals surface area contributed by atoms with E-state index < -0.39 is 15.4 Å². The van der Waals surface area contributed by atoms with E-state index in [9.17, 15) is 13.5 Å². The van der Waals surface area contributed by atoms with Crippen molar-refractivity contribution < 1.29 is 18.3 Å². The molecule has 0 bridgehead atoms. The first kappa shape index (κ1) is 16.3. The van der Waals surface area contributed by atoms with Gasteiger partial charge in [0.2, 0.25) is 0 Å². The van der Waals surface area contributed by atoms with Gasteiger partial charge >= 0.3 is 0 Å². The molecular weight excluding hydrogens is 290 g/mol. The summed E-state index contributed by atoms with van der Waals surface area (Å²) in [6, 6.07) is 6.66. The Morgan fingerprint density at radius 1 is 1.38 bits per heavy atom. The van der Waals surface area contributed by atoms with E-state index in [2.05, 4.69) is 5.32 Å². The Balaban J connectivity index is 2.00. The van der Waals surface area contributed by atoms with Crippen LogP contribution in [0.1, 0.15) is 26.7 Å². The summed E-state index contributed by atoms with van der Waals surface area (Å²) < 4.78 is 29.2. The topological polar surface area (TPSA) is 75.6 Å². The Kier molecular flexibility index (Phi) is 4.91. The zero-order valence-corrected chi connectivity index (χ0v) is 13.3. The second-order valence-electron chi connectivity index (χ2n) is 5.56. The first-order valence-electron chi connectivity index (χ1n) is 7.28. The van der Waals surface area contributed by atoms with E-state index in [1.54, 1.807) is 24.3 Å². The van der Waals surface area contributed by atoms with E-state index in [1.165, 1.54) is 0 Å². The maximum atomic E-state index is 11.9. The maximum Gasteiger partial charge on any atom is 0.178 e. The molecule has 1 aliphatic rings. The van der Waals surface area contributed by atoms with Gasteiger partial charge < -0.3 is 15.2 Å². The fraction of sp³-hybridized carbons (Fsp3) is 0.600. The number of ether oxygens (including phenoxy) is 1. The number of rotatable bonds is 6. The summed E-state index contributed by atoms with van der Waals surface area (Å²) in [6.07, 6.45) is 1.01. The Morgan fingerprint density at radius 3 is 2.57 bits per heavy atom. The zero-order chi connectivity index (χ0) is 15.5. The Labute approximate surface area is 126 Å². The van der Waals surface area contributed by atoms with Crippen LogP contribution < -0.4 is 5.32 Å². The van der Waals surface area contributed by atoms with Crippen molar-refractivity contribution in [2.75, 3.05) is 24.2 Å². The van der Waals surface area contributed by atoms with Gasteiger partial charge in [-0.2, -0.15) is 0 Å². The summed E-state index contributed by atoms with van der Waals surface area (Å²) in [5.74, 6) is 0.161. The van der Waals surface area contributed by atoms with Crippen molar-refractivity contribution in [3.8, 4) is 0 Å². The van der Waals surface area contributed by atoms with Gasteiger partial charge in [0, 0.05) is 25.3 Å². The van der Waals surface area contributed by atoms with Crippen molar-refractivity contribution >= 4 is 15.5 Å². The second kappa shape index (κ2) is 6.34. The van der Waals surface area contributed by atoms with Crippen molar-refractivity contribution in [1.29, 1.82) is 0 Å². The molecule has 21 heavy (non-hydrogen) atoms. The standard InChI is InChI=1S/C15H23NO4S/c1-3-10-21(18,19)14-6-4-13(5-7-14)16-11-15(17)8-9-20-12(15)2/h4-7,12,16-17H,3,8-11H2,1-2H3. The summed E-state index contributed by atoms with van der Waals surface area (Å²) in [5, 5.41) is 13.5. The molecule has 1 saturated heterocycles. The lowest BCUT2D eigenvalue weighted by molar-refractivity contribution is -0.0175. The molecule has 2 rings (SSSR count). The first-order valence-corrected chi connectivity index (χ1v) is 8.93. The number of benzene rings is 1. The molecule has 6 heteroatoms. The molecule has 5 nitrogen and oxygen atoms in total. The van der Waals surface area contributed by atoms with Gasteiger partial charge in [0.1, 0.15) is 5.60 Å². The van der Waals surface area contributed by atoms with E-state index >= 15 is 0 Å². The number of hydrogen-bond acceptors (Lipinski definition) is 5. The molecule has 1 fully saturated rings. The largest absolute Gasteiger partial charge is 0.385 e. The minimum atomic E-state index is -3.18. The minimum absolute atomic E-state index is 0.161. The number of nitrogens with one attached hydrogen (secondary N) is 1. The summed E-state index contributed by atoms with van der Waals surface area (Å²) in [4.78, 5) is 0.339. The normalized spacial score (nSPS) is 26.0. The summed E-state index contributed by atoms with van der Waals surface area (Å²) in [7, 11) is -3.18. The van der Waals surface area contributed by atoms with Crippen molar-refractivity contribution in [2.45, 2.75) is 43.3 Å². The van der Waals surface area contributed by atoms with Crippen LogP contribution in [0.3, 0.4) is 0 Å². The quantitative estimate of drug-likeness (QED) is 0.838. The van der Waals surface area contributed by atoms with Crippen LogP contribution in [0.2, 0.25) is 0 Å². The summed E-state index contributed by atoms with van der Waals surface area (Å²) in [5.41, 5.74) is -0.0783. The lowest BCUT2D eigenvalue weighted by atomic mass is 9.96. The van der Waals surface area contributed by atoms with Crippen LogP contribution in [0, 0.1) is 0 Å². The van der Waals surface area contributed by atoms with Crippen LogP contribution in [-0.4, -0.2) is 44.1 Å². The van der Waals surface area contributed by atoms with Crippen LogP contribution in [0.5, 0.6) is 0 Å². The molecule has 0 aliphatic carbocycles. The van der Waals surface area contributed by atoms with E-state index in [1.807, 2.05) is 13.8 Å². The third-order valence-corrected chi connectivity index (χ3v) is 5.88. The third-order valence-electron chi connectivity index (χ3n) is 3.94. The Hall–Kier alpha value is -1.11. The molecule has 1 aliphatic heterocycles. The van der Waals surface area contributed by atoms with Crippen LogP contribution in [0.25, 0.3) is 0 Å². The van der Waals surface area contributed by atoms with Crippen LogP contribution in [0.15, 0.2) is 29.2 Å². The molecule has 2 atom stereocenters. The predicted molar refractivity (Wildman–Crippen MR) is 82.3 cm³/mol. The molecule has 2 unspecified atom stereocenters. The van der Waals surface area contributed by atoms with E-state index in [4.69, 9.17) is 4.74 Å². The van der Waals surface area contributed by atoms with Crippen molar-refractivity contribution in [1.82, 2.24) is 0 Å². The lowest BCUT2D eigenvalue weighted by Crippen LogP contribution is -2.43. The van der Waals surface area contributed by atoms with E-state index in [0.29, 0.717) is 30.9 Å². The number of anilines is 1. The molecular formula is C15H23NO4S. The Bertz CT molecular complexity index is 570. The van der Waals surface area contributed by atoms with Gasteiger partial charge in [-0.1, -0.05) is 6.92 Å². The smallest absolute Gasteiger partial charge is 0.178 e. The van der Waals surface area contributed by atoms with Crippen molar-refractivity contribution in [3.05, 3.63) is 24.3 Å². The zero-order valence-electron chi connectivity index (χ0n) is 12.5. The van der Waals surface area contributed by atoms with Gasteiger partial charge in [-0.25, -0.2) is 8.42 Å². The van der Waals surface area contributed by atoms with Crippen LogP contribution in [0.4, 0.5) is 5.69 Å². The van der Waals surface area contributed by atoms with Gasteiger partial charge in [0.05, 0.1) is 16.8 Å². The average molecular weight is 313 g/mol. The van der Waals surface area contributed by atoms with Crippen molar-refractivity contribution in [3.63, 3.8) is 0 Å². The van der Waals surface area contributed by atoms with Gasteiger partial charge in [0.25, 0.3) is 0 Å². The molecule has 0 spiro atoms. The molecule has 0 amide bonds. The highest BCUT2D eigenvalue weighted by Crippen LogP contribution is 2.26. The monoisotopic (exact) mass is 313 g/mol. The van der Waals surface area contributed by atoms with E-state index in [-0.39, 0.29) is 11.9 Å². The van der Waals surface area contributed by atoms with Gasteiger partial charge in [-0.3, -0.25) is 0 Å². The fourth-order valence-electron chi connectivity index (χ4n) is 2.42.